The smallest absolute Gasteiger partial charge is 0.224 e. The Labute approximate surface area is 129 Å². The zero-order valence-corrected chi connectivity index (χ0v) is 13.4. The summed E-state index contributed by atoms with van der Waals surface area (Å²) in [5, 5.41) is 2.92. The third kappa shape index (κ3) is 4.80. The van der Waals surface area contributed by atoms with E-state index in [-0.39, 0.29) is 5.91 Å². The zero-order valence-electron chi connectivity index (χ0n) is 10.2. The number of carbonyl (C=O) groups excluding carboxylic acids is 1. The summed E-state index contributed by atoms with van der Waals surface area (Å²) in [7, 11) is 0. The van der Waals surface area contributed by atoms with Crippen LogP contribution in [0.4, 0.5) is 0 Å². The van der Waals surface area contributed by atoms with Crippen LogP contribution >= 0.6 is 31.9 Å². The molecule has 0 aliphatic heterocycles. The summed E-state index contributed by atoms with van der Waals surface area (Å²) in [5.74, 6) is 0.0326. The molecule has 98 valence electrons. The second kappa shape index (κ2) is 6.87. The van der Waals surface area contributed by atoms with Gasteiger partial charge >= 0.3 is 0 Å². The number of hydrogen-bond donors (Lipinski definition) is 1. The second-order valence-corrected chi connectivity index (χ2v) is 6.04. The van der Waals surface area contributed by atoms with Gasteiger partial charge in [-0.2, -0.15) is 0 Å². The molecule has 0 spiro atoms. The summed E-state index contributed by atoms with van der Waals surface area (Å²) in [5.41, 5.74) is 2.10. The molecule has 1 N–H and O–H groups in total. The lowest BCUT2D eigenvalue weighted by Crippen LogP contribution is -2.24. The molecule has 0 atom stereocenters. The molecule has 0 aliphatic rings. The lowest BCUT2D eigenvalue weighted by atomic mass is 10.1. The van der Waals surface area contributed by atoms with E-state index in [0.29, 0.717) is 13.0 Å². The van der Waals surface area contributed by atoms with E-state index in [1.54, 1.807) is 0 Å². The van der Waals surface area contributed by atoms with Crippen LogP contribution in [0.1, 0.15) is 11.1 Å². The van der Waals surface area contributed by atoms with Crippen LogP contribution in [0.3, 0.4) is 0 Å². The Morgan fingerprint density at radius 2 is 1.32 bits per heavy atom. The van der Waals surface area contributed by atoms with E-state index in [1.165, 1.54) is 0 Å². The molecule has 2 nitrogen and oxygen atoms in total. The van der Waals surface area contributed by atoms with Crippen LogP contribution in [0.25, 0.3) is 0 Å². The minimum Gasteiger partial charge on any atom is -0.352 e. The van der Waals surface area contributed by atoms with E-state index in [2.05, 4.69) is 37.2 Å². The van der Waals surface area contributed by atoms with Crippen molar-refractivity contribution in [2.75, 3.05) is 0 Å². The topological polar surface area (TPSA) is 29.1 Å². The second-order valence-electron chi connectivity index (χ2n) is 4.21. The van der Waals surface area contributed by atoms with E-state index >= 15 is 0 Å². The Morgan fingerprint density at radius 1 is 0.842 bits per heavy atom. The molecule has 0 aliphatic carbocycles. The van der Waals surface area contributed by atoms with Crippen LogP contribution in [0.5, 0.6) is 0 Å². The fourth-order valence-electron chi connectivity index (χ4n) is 1.65. The number of amides is 1. The maximum atomic E-state index is 11.8. The standard InChI is InChI=1S/C15H13Br2NO/c16-13-5-1-11(2-6-13)9-15(19)18-10-12-3-7-14(17)8-4-12/h1-8H,9-10H2,(H,18,19). The minimum absolute atomic E-state index is 0.0326. The highest BCUT2D eigenvalue weighted by atomic mass is 79.9. The average Bonchev–Trinajstić information content (AvgIpc) is 2.41. The molecular formula is C15H13Br2NO. The molecule has 19 heavy (non-hydrogen) atoms. The van der Waals surface area contributed by atoms with Gasteiger partial charge in [-0.25, -0.2) is 0 Å². The van der Waals surface area contributed by atoms with Crippen molar-refractivity contribution in [2.24, 2.45) is 0 Å². The van der Waals surface area contributed by atoms with Crippen LogP contribution in [0, 0.1) is 0 Å². The summed E-state index contributed by atoms with van der Waals surface area (Å²) in [6.45, 7) is 0.558. The Kier molecular flexibility index (Phi) is 5.16. The van der Waals surface area contributed by atoms with Crippen molar-refractivity contribution in [3.63, 3.8) is 0 Å². The van der Waals surface area contributed by atoms with Gasteiger partial charge in [-0.3, -0.25) is 4.79 Å². The van der Waals surface area contributed by atoms with E-state index in [4.69, 9.17) is 0 Å². The largest absolute Gasteiger partial charge is 0.352 e. The fourth-order valence-corrected chi connectivity index (χ4v) is 2.18. The summed E-state index contributed by atoms with van der Waals surface area (Å²) in [4.78, 5) is 11.8. The van der Waals surface area contributed by atoms with Crippen LogP contribution in [0.15, 0.2) is 57.5 Å². The van der Waals surface area contributed by atoms with Crippen molar-refractivity contribution in [1.29, 1.82) is 0 Å². The Balaban J connectivity index is 1.84. The molecule has 2 aromatic rings. The first kappa shape index (κ1) is 14.3. The molecule has 2 rings (SSSR count). The highest BCUT2D eigenvalue weighted by molar-refractivity contribution is 9.10. The highest BCUT2D eigenvalue weighted by Gasteiger charge is 2.03. The van der Waals surface area contributed by atoms with E-state index in [9.17, 15) is 4.79 Å². The monoisotopic (exact) mass is 381 g/mol. The van der Waals surface area contributed by atoms with Crippen LogP contribution in [0.2, 0.25) is 0 Å². The molecule has 1 amide bonds. The van der Waals surface area contributed by atoms with Crippen molar-refractivity contribution >= 4 is 37.8 Å². The molecule has 0 bridgehead atoms. The maximum Gasteiger partial charge on any atom is 0.224 e. The van der Waals surface area contributed by atoms with Crippen molar-refractivity contribution in [1.82, 2.24) is 5.32 Å². The molecule has 0 aromatic heterocycles. The van der Waals surface area contributed by atoms with Gasteiger partial charge in [0, 0.05) is 15.5 Å². The van der Waals surface area contributed by atoms with Gasteiger partial charge in [0.25, 0.3) is 0 Å². The maximum absolute atomic E-state index is 11.8. The number of halogens is 2. The number of rotatable bonds is 4. The lowest BCUT2D eigenvalue weighted by molar-refractivity contribution is -0.120. The first-order valence-electron chi connectivity index (χ1n) is 5.89. The third-order valence-corrected chi connectivity index (χ3v) is 3.74. The van der Waals surface area contributed by atoms with Gasteiger partial charge in [-0.05, 0) is 35.4 Å². The average molecular weight is 383 g/mol. The molecule has 4 heteroatoms. The number of hydrogen-bond acceptors (Lipinski definition) is 1. The first-order valence-corrected chi connectivity index (χ1v) is 7.48. The molecule has 0 fully saturated rings. The third-order valence-electron chi connectivity index (χ3n) is 2.68. The molecule has 0 unspecified atom stereocenters. The van der Waals surface area contributed by atoms with E-state index in [0.717, 1.165) is 20.1 Å². The van der Waals surface area contributed by atoms with Crippen LogP contribution < -0.4 is 5.32 Å². The molecule has 0 saturated heterocycles. The van der Waals surface area contributed by atoms with Gasteiger partial charge in [0.2, 0.25) is 5.91 Å². The van der Waals surface area contributed by atoms with Gasteiger partial charge < -0.3 is 5.32 Å². The molecular weight excluding hydrogens is 370 g/mol. The SMILES string of the molecule is O=C(Cc1ccc(Br)cc1)NCc1ccc(Br)cc1. The number of nitrogens with one attached hydrogen (secondary N) is 1. The van der Waals surface area contributed by atoms with Gasteiger partial charge in [0.15, 0.2) is 0 Å². The van der Waals surface area contributed by atoms with E-state index < -0.39 is 0 Å². The Morgan fingerprint density at radius 3 is 1.84 bits per heavy atom. The van der Waals surface area contributed by atoms with Crippen molar-refractivity contribution < 1.29 is 4.79 Å². The predicted octanol–water partition coefficient (Wildman–Crippen LogP) is 4.07. The van der Waals surface area contributed by atoms with E-state index in [1.807, 2.05) is 48.5 Å². The van der Waals surface area contributed by atoms with Gasteiger partial charge in [-0.15, -0.1) is 0 Å². The number of carbonyl (C=O) groups is 1. The van der Waals surface area contributed by atoms with Crippen LogP contribution in [-0.4, -0.2) is 5.91 Å². The van der Waals surface area contributed by atoms with Crippen molar-refractivity contribution in [3.05, 3.63) is 68.6 Å². The predicted molar refractivity (Wildman–Crippen MR) is 83.8 cm³/mol. The van der Waals surface area contributed by atoms with Crippen LogP contribution in [-0.2, 0) is 17.8 Å². The zero-order chi connectivity index (χ0) is 13.7. The van der Waals surface area contributed by atoms with Gasteiger partial charge in [0.1, 0.15) is 0 Å². The molecule has 0 radical (unpaired) electrons. The lowest BCUT2D eigenvalue weighted by Gasteiger charge is -2.06. The minimum atomic E-state index is 0.0326. The highest BCUT2D eigenvalue weighted by Crippen LogP contribution is 2.12. The normalized spacial score (nSPS) is 10.2. The molecule has 0 heterocycles. The molecule has 2 aromatic carbocycles. The Hall–Kier alpha value is -1.13. The first-order chi connectivity index (χ1) is 9.13. The molecule has 0 saturated carbocycles. The van der Waals surface area contributed by atoms with Gasteiger partial charge in [0.05, 0.1) is 6.42 Å². The summed E-state index contributed by atoms with van der Waals surface area (Å²) in [6.07, 6.45) is 0.407. The quantitative estimate of drug-likeness (QED) is 0.848. The van der Waals surface area contributed by atoms with Crippen molar-refractivity contribution in [3.8, 4) is 0 Å². The summed E-state index contributed by atoms with van der Waals surface area (Å²) < 4.78 is 2.06. The van der Waals surface area contributed by atoms with Gasteiger partial charge in [-0.1, -0.05) is 56.1 Å². The Bertz CT molecular complexity index is 549. The fraction of sp³-hybridized carbons (Fsp3) is 0.133. The van der Waals surface area contributed by atoms with Crippen molar-refractivity contribution in [2.45, 2.75) is 13.0 Å². The summed E-state index contributed by atoms with van der Waals surface area (Å²) >= 11 is 6.76. The summed E-state index contributed by atoms with van der Waals surface area (Å²) in [6, 6.07) is 15.7. The number of benzene rings is 2.